The zero-order valence-corrected chi connectivity index (χ0v) is 18.5. The van der Waals surface area contributed by atoms with Crippen molar-refractivity contribution in [2.24, 2.45) is 0 Å². The van der Waals surface area contributed by atoms with E-state index in [1.807, 2.05) is 37.3 Å². The number of Topliss-reactive ketones (excluding diaryl/α,β-unsaturated/α-hetero) is 1. The molecular formula is C26H25N3O3. The third-order valence-corrected chi connectivity index (χ3v) is 5.69. The van der Waals surface area contributed by atoms with Gasteiger partial charge in [-0.15, -0.1) is 5.10 Å². The minimum Gasteiger partial charge on any atom is -0.507 e. The standard InChI is InChI=1S/C26H25N3O3/c1-15(2)18-9-11-19(12-10-18)23-22(24(30)20-7-5-6-16(3)14-20)25(31)26(32)29(23)21-13-8-17(4)27-28-21/h5-15,23,30H,1-4H3. The van der Waals surface area contributed by atoms with Gasteiger partial charge in [-0.25, -0.2) is 0 Å². The third kappa shape index (κ3) is 3.80. The molecule has 6 heteroatoms. The fourth-order valence-electron chi connectivity index (χ4n) is 3.92. The van der Waals surface area contributed by atoms with Crippen molar-refractivity contribution in [2.75, 3.05) is 4.90 Å². The van der Waals surface area contributed by atoms with Crippen LogP contribution in [-0.4, -0.2) is 27.0 Å². The minimum atomic E-state index is -0.811. The second-order valence-electron chi connectivity index (χ2n) is 8.39. The van der Waals surface area contributed by atoms with Gasteiger partial charge in [-0.1, -0.05) is 61.9 Å². The van der Waals surface area contributed by atoms with Crippen molar-refractivity contribution >= 4 is 23.3 Å². The molecule has 3 aromatic rings. The summed E-state index contributed by atoms with van der Waals surface area (Å²) in [7, 11) is 0. The lowest BCUT2D eigenvalue weighted by molar-refractivity contribution is -0.132. The summed E-state index contributed by atoms with van der Waals surface area (Å²) in [5, 5.41) is 19.4. The van der Waals surface area contributed by atoms with Crippen molar-refractivity contribution < 1.29 is 14.7 Å². The van der Waals surface area contributed by atoms with Gasteiger partial charge in [0.1, 0.15) is 5.76 Å². The highest BCUT2D eigenvalue weighted by Gasteiger charge is 2.47. The Kier molecular flexibility index (Phi) is 5.61. The monoisotopic (exact) mass is 427 g/mol. The molecule has 1 aliphatic heterocycles. The smallest absolute Gasteiger partial charge is 0.301 e. The summed E-state index contributed by atoms with van der Waals surface area (Å²) < 4.78 is 0. The fourth-order valence-corrected chi connectivity index (χ4v) is 3.92. The van der Waals surface area contributed by atoms with E-state index in [4.69, 9.17) is 0 Å². The molecule has 6 nitrogen and oxygen atoms in total. The Bertz CT molecular complexity index is 1210. The molecule has 162 valence electrons. The lowest BCUT2D eigenvalue weighted by Gasteiger charge is -2.24. The molecule has 0 spiro atoms. The molecule has 1 saturated heterocycles. The number of rotatable bonds is 4. The lowest BCUT2D eigenvalue weighted by atomic mass is 9.93. The average Bonchev–Trinajstić information content (AvgIpc) is 3.04. The number of carbonyl (C=O) groups excluding carboxylic acids is 2. The molecular weight excluding hydrogens is 402 g/mol. The van der Waals surface area contributed by atoms with Gasteiger partial charge in [-0.3, -0.25) is 14.5 Å². The van der Waals surface area contributed by atoms with Gasteiger partial charge in [-0.05, 0) is 49.1 Å². The molecule has 1 unspecified atom stereocenters. The van der Waals surface area contributed by atoms with Gasteiger partial charge in [0, 0.05) is 5.56 Å². The molecule has 1 atom stereocenters. The largest absolute Gasteiger partial charge is 0.507 e. The second-order valence-corrected chi connectivity index (χ2v) is 8.39. The number of aryl methyl sites for hydroxylation is 2. The fraction of sp³-hybridized carbons (Fsp3) is 0.231. The van der Waals surface area contributed by atoms with Crippen LogP contribution in [-0.2, 0) is 9.59 Å². The maximum atomic E-state index is 13.2. The number of hydrogen-bond acceptors (Lipinski definition) is 5. The number of amides is 1. The Morgan fingerprint density at radius 1 is 0.969 bits per heavy atom. The minimum absolute atomic E-state index is 0.0419. The summed E-state index contributed by atoms with van der Waals surface area (Å²) in [5.41, 5.74) is 4.01. The van der Waals surface area contributed by atoms with Crippen molar-refractivity contribution in [3.63, 3.8) is 0 Å². The Hall–Kier alpha value is -3.80. The topological polar surface area (TPSA) is 83.4 Å². The molecule has 2 heterocycles. The molecule has 2 aromatic carbocycles. The Balaban J connectivity index is 1.93. The van der Waals surface area contributed by atoms with Crippen molar-refractivity contribution in [3.05, 3.63) is 94.2 Å². The number of aliphatic hydroxyl groups is 1. The van der Waals surface area contributed by atoms with Crippen molar-refractivity contribution in [3.8, 4) is 0 Å². The first-order chi connectivity index (χ1) is 15.3. The number of benzene rings is 2. The van der Waals surface area contributed by atoms with Crippen molar-refractivity contribution in [1.29, 1.82) is 0 Å². The molecule has 1 aromatic heterocycles. The Morgan fingerprint density at radius 2 is 1.69 bits per heavy atom. The molecule has 0 saturated carbocycles. The maximum absolute atomic E-state index is 13.2. The maximum Gasteiger partial charge on any atom is 0.301 e. The summed E-state index contributed by atoms with van der Waals surface area (Å²) >= 11 is 0. The van der Waals surface area contributed by atoms with Crippen LogP contribution in [0.2, 0.25) is 0 Å². The number of carbonyl (C=O) groups is 2. The number of hydrogen-bond donors (Lipinski definition) is 1. The summed E-state index contributed by atoms with van der Waals surface area (Å²) in [6.07, 6.45) is 0. The van der Waals surface area contributed by atoms with Gasteiger partial charge in [-0.2, -0.15) is 5.10 Å². The van der Waals surface area contributed by atoms with E-state index in [0.717, 1.165) is 11.1 Å². The third-order valence-electron chi connectivity index (χ3n) is 5.69. The SMILES string of the molecule is Cc1cccc(C(O)=C2C(=O)C(=O)N(c3ccc(C)nn3)C2c2ccc(C(C)C)cc2)c1. The number of anilines is 1. The summed E-state index contributed by atoms with van der Waals surface area (Å²) in [5.74, 6) is -1.09. The molecule has 1 aliphatic rings. The van der Waals surface area contributed by atoms with Crippen LogP contribution in [0.4, 0.5) is 5.82 Å². The lowest BCUT2D eigenvalue weighted by Crippen LogP contribution is -2.30. The first-order valence-electron chi connectivity index (χ1n) is 10.6. The number of ketones is 1. The predicted octanol–water partition coefficient (Wildman–Crippen LogP) is 4.84. The number of aromatic nitrogens is 2. The van der Waals surface area contributed by atoms with E-state index in [-0.39, 0.29) is 17.2 Å². The van der Waals surface area contributed by atoms with E-state index in [9.17, 15) is 14.7 Å². The summed E-state index contributed by atoms with van der Waals surface area (Å²) in [6, 6.07) is 17.5. The quantitative estimate of drug-likeness (QED) is 0.366. The molecule has 0 bridgehead atoms. The Labute approximate surface area is 187 Å². The zero-order valence-electron chi connectivity index (χ0n) is 18.5. The van der Waals surface area contributed by atoms with E-state index in [2.05, 4.69) is 24.0 Å². The van der Waals surface area contributed by atoms with Crippen LogP contribution in [0.25, 0.3) is 5.76 Å². The van der Waals surface area contributed by atoms with Gasteiger partial charge < -0.3 is 5.11 Å². The van der Waals surface area contributed by atoms with E-state index >= 15 is 0 Å². The van der Waals surface area contributed by atoms with Crippen LogP contribution >= 0.6 is 0 Å². The predicted molar refractivity (Wildman–Crippen MR) is 123 cm³/mol. The molecule has 1 N–H and O–H groups in total. The first-order valence-corrected chi connectivity index (χ1v) is 10.6. The van der Waals surface area contributed by atoms with E-state index in [1.54, 1.807) is 37.3 Å². The van der Waals surface area contributed by atoms with Gasteiger partial charge in [0.05, 0.1) is 17.3 Å². The van der Waals surface area contributed by atoms with Crippen LogP contribution in [0.5, 0.6) is 0 Å². The highest BCUT2D eigenvalue weighted by Crippen LogP contribution is 2.41. The van der Waals surface area contributed by atoms with Gasteiger partial charge >= 0.3 is 5.91 Å². The van der Waals surface area contributed by atoms with Crippen LogP contribution in [0.3, 0.4) is 0 Å². The van der Waals surface area contributed by atoms with Crippen LogP contribution in [0.15, 0.2) is 66.2 Å². The van der Waals surface area contributed by atoms with Crippen LogP contribution in [0, 0.1) is 13.8 Å². The highest BCUT2D eigenvalue weighted by atomic mass is 16.3. The van der Waals surface area contributed by atoms with Gasteiger partial charge in [0.15, 0.2) is 5.82 Å². The average molecular weight is 428 g/mol. The molecule has 4 rings (SSSR count). The molecule has 0 aliphatic carbocycles. The Morgan fingerprint density at radius 3 is 2.28 bits per heavy atom. The molecule has 0 radical (unpaired) electrons. The molecule has 32 heavy (non-hydrogen) atoms. The molecule has 1 fully saturated rings. The number of aliphatic hydroxyl groups excluding tert-OH is 1. The van der Waals surface area contributed by atoms with Gasteiger partial charge in [0.25, 0.3) is 5.78 Å². The van der Waals surface area contributed by atoms with E-state index < -0.39 is 17.7 Å². The van der Waals surface area contributed by atoms with Crippen molar-refractivity contribution in [2.45, 2.75) is 39.7 Å². The highest BCUT2D eigenvalue weighted by molar-refractivity contribution is 6.51. The summed E-state index contributed by atoms with van der Waals surface area (Å²) in [6.45, 7) is 7.89. The second kappa shape index (κ2) is 8.38. The zero-order chi connectivity index (χ0) is 23.0. The van der Waals surface area contributed by atoms with Crippen molar-refractivity contribution in [1.82, 2.24) is 10.2 Å². The normalized spacial score (nSPS) is 17.9. The van der Waals surface area contributed by atoms with Crippen LogP contribution in [0.1, 0.15) is 53.8 Å². The van der Waals surface area contributed by atoms with Gasteiger partial charge in [0.2, 0.25) is 0 Å². The number of nitrogens with zero attached hydrogens (tertiary/aromatic N) is 3. The molecule has 1 amide bonds. The summed E-state index contributed by atoms with van der Waals surface area (Å²) in [4.78, 5) is 27.6. The van der Waals surface area contributed by atoms with E-state index in [1.165, 1.54) is 4.90 Å². The van der Waals surface area contributed by atoms with E-state index in [0.29, 0.717) is 22.7 Å². The first kappa shape index (κ1) is 21.4. The van der Waals surface area contributed by atoms with Crippen LogP contribution < -0.4 is 4.90 Å².